The minimum Gasteiger partial charge on any atom is -0.465 e. The molecule has 1 rings (SSSR count). The van der Waals surface area contributed by atoms with Gasteiger partial charge in [0, 0.05) is 0 Å². The number of aromatic nitrogens is 2. The molecular formula is C6H6F3N3O. The van der Waals surface area contributed by atoms with Crippen molar-refractivity contribution in [1.29, 1.82) is 0 Å². The highest BCUT2D eigenvalue weighted by Gasteiger charge is 2.29. The van der Waals surface area contributed by atoms with Gasteiger partial charge in [-0.05, 0) is 6.07 Å². The number of nitrogen functional groups attached to an aromatic ring is 1. The summed E-state index contributed by atoms with van der Waals surface area (Å²) in [6, 6.07) is 1.30. The Bertz CT molecular complexity index is 289. The summed E-state index contributed by atoms with van der Waals surface area (Å²) >= 11 is 0. The number of ether oxygens (including phenoxy) is 1. The fourth-order valence-corrected chi connectivity index (χ4v) is 0.591. The van der Waals surface area contributed by atoms with E-state index in [0.29, 0.717) is 0 Å². The lowest BCUT2D eigenvalue weighted by atomic mass is 10.5. The van der Waals surface area contributed by atoms with Crippen molar-refractivity contribution in [3.05, 3.63) is 12.3 Å². The molecule has 1 heterocycles. The fourth-order valence-electron chi connectivity index (χ4n) is 0.591. The molecule has 72 valence electrons. The molecule has 2 N–H and O–H groups in total. The van der Waals surface area contributed by atoms with E-state index in [0.717, 1.165) is 0 Å². The predicted molar refractivity (Wildman–Crippen MR) is 38.0 cm³/mol. The minimum atomic E-state index is -4.40. The zero-order valence-corrected chi connectivity index (χ0v) is 6.38. The number of hydrogen-bond donors (Lipinski definition) is 1. The van der Waals surface area contributed by atoms with E-state index < -0.39 is 12.8 Å². The molecular weight excluding hydrogens is 187 g/mol. The Morgan fingerprint density at radius 1 is 1.46 bits per heavy atom. The van der Waals surface area contributed by atoms with Gasteiger partial charge in [-0.15, -0.1) is 5.10 Å². The maximum absolute atomic E-state index is 11.7. The second kappa shape index (κ2) is 3.46. The van der Waals surface area contributed by atoms with Crippen LogP contribution in [0.25, 0.3) is 0 Å². The van der Waals surface area contributed by atoms with Crippen LogP contribution >= 0.6 is 0 Å². The lowest BCUT2D eigenvalue weighted by molar-refractivity contribution is -0.154. The Morgan fingerprint density at radius 2 is 2.15 bits per heavy atom. The molecule has 1 aromatic heterocycles. The average molecular weight is 193 g/mol. The molecule has 0 aliphatic heterocycles. The Morgan fingerprint density at radius 3 is 2.69 bits per heavy atom. The fraction of sp³-hybridized carbons (Fsp3) is 0.333. The number of alkyl halides is 3. The summed E-state index contributed by atoms with van der Waals surface area (Å²) in [5.74, 6) is -0.306. The van der Waals surface area contributed by atoms with E-state index in [2.05, 4.69) is 14.9 Å². The van der Waals surface area contributed by atoms with E-state index in [1.807, 2.05) is 0 Å². The number of halogens is 3. The molecule has 0 aromatic carbocycles. The Balaban J connectivity index is 2.60. The lowest BCUT2D eigenvalue weighted by Crippen LogP contribution is -2.20. The van der Waals surface area contributed by atoms with Crippen LogP contribution in [0.15, 0.2) is 12.3 Å². The van der Waals surface area contributed by atoms with E-state index in [1.54, 1.807) is 0 Å². The summed E-state index contributed by atoms with van der Waals surface area (Å²) in [6.45, 7) is -1.42. The summed E-state index contributed by atoms with van der Waals surface area (Å²) in [4.78, 5) is 0. The van der Waals surface area contributed by atoms with Gasteiger partial charge in [0.1, 0.15) is 0 Å². The monoisotopic (exact) mass is 193 g/mol. The molecule has 4 nitrogen and oxygen atoms in total. The molecule has 0 aliphatic carbocycles. The van der Waals surface area contributed by atoms with Gasteiger partial charge in [0.15, 0.2) is 6.61 Å². The second-order valence-electron chi connectivity index (χ2n) is 2.20. The van der Waals surface area contributed by atoms with Gasteiger partial charge in [-0.3, -0.25) is 0 Å². The van der Waals surface area contributed by atoms with Crippen LogP contribution in [0.5, 0.6) is 5.88 Å². The van der Waals surface area contributed by atoms with Crippen LogP contribution in [0.4, 0.5) is 18.9 Å². The first-order chi connectivity index (χ1) is 5.99. The molecule has 0 radical (unpaired) electrons. The summed E-state index contributed by atoms with van der Waals surface area (Å²) in [6.07, 6.45) is -3.14. The number of nitrogens with two attached hydrogens (primary N) is 1. The normalized spacial score (nSPS) is 11.3. The third-order valence-electron chi connectivity index (χ3n) is 1.09. The van der Waals surface area contributed by atoms with E-state index in [9.17, 15) is 13.2 Å². The van der Waals surface area contributed by atoms with Crippen molar-refractivity contribution in [2.75, 3.05) is 12.3 Å². The first kappa shape index (κ1) is 9.56. The quantitative estimate of drug-likeness (QED) is 0.761. The average Bonchev–Trinajstić information content (AvgIpc) is 2.01. The number of hydrogen-bond acceptors (Lipinski definition) is 4. The van der Waals surface area contributed by atoms with Crippen molar-refractivity contribution < 1.29 is 17.9 Å². The van der Waals surface area contributed by atoms with Gasteiger partial charge >= 0.3 is 6.18 Å². The minimum absolute atomic E-state index is 0.0271. The van der Waals surface area contributed by atoms with Gasteiger partial charge in [-0.25, -0.2) is 0 Å². The smallest absolute Gasteiger partial charge is 0.422 e. The first-order valence-corrected chi connectivity index (χ1v) is 3.26. The topological polar surface area (TPSA) is 61.0 Å². The Kier molecular flexibility index (Phi) is 2.54. The summed E-state index contributed by atoms with van der Waals surface area (Å²) in [5.41, 5.74) is 5.28. The zero-order chi connectivity index (χ0) is 9.90. The molecule has 13 heavy (non-hydrogen) atoms. The van der Waals surface area contributed by atoms with Crippen LogP contribution in [0.2, 0.25) is 0 Å². The summed E-state index contributed by atoms with van der Waals surface area (Å²) < 4.78 is 39.3. The van der Waals surface area contributed by atoms with Crippen LogP contribution in [0.3, 0.4) is 0 Å². The highest BCUT2D eigenvalue weighted by atomic mass is 19.4. The molecule has 1 aromatic rings. The standard InChI is InChI=1S/C6H6F3N3O/c7-6(8,9)3-13-5-4(10)1-2-11-12-5/h1-2H,3H2,(H2,10,11). The van der Waals surface area contributed by atoms with E-state index in [4.69, 9.17) is 5.73 Å². The van der Waals surface area contributed by atoms with Crippen molar-refractivity contribution >= 4 is 5.69 Å². The highest BCUT2D eigenvalue weighted by molar-refractivity contribution is 5.45. The molecule has 0 atom stereocenters. The first-order valence-electron chi connectivity index (χ1n) is 3.26. The van der Waals surface area contributed by atoms with Crippen LogP contribution in [0.1, 0.15) is 0 Å². The van der Waals surface area contributed by atoms with Gasteiger partial charge in [-0.2, -0.15) is 18.3 Å². The molecule has 0 amide bonds. The van der Waals surface area contributed by atoms with Gasteiger partial charge < -0.3 is 10.5 Å². The maximum atomic E-state index is 11.7. The summed E-state index contributed by atoms with van der Waals surface area (Å²) in [7, 11) is 0. The molecule has 0 saturated heterocycles. The van der Waals surface area contributed by atoms with Gasteiger partial charge in [0.05, 0.1) is 11.9 Å². The van der Waals surface area contributed by atoms with E-state index >= 15 is 0 Å². The molecule has 7 heteroatoms. The van der Waals surface area contributed by atoms with Crippen molar-refractivity contribution in [3.8, 4) is 5.88 Å². The number of rotatable bonds is 2. The SMILES string of the molecule is Nc1ccnnc1OCC(F)(F)F. The predicted octanol–water partition coefficient (Wildman–Crippen LogP) is 1.000. The molecule has 0 unspecified atom stereocenters. The Hall–Kier alpha value is -1.53. The van der Waals surface area contributed by atoms with E-state index in [-0.39, 0.29) is 11.6 Å². The van der Waals surface area contributed by atoms with Crippen LogP contribution in [-0.4, -0.2) is 23.0 Å². The lowest BCUT2D eigenvalue weighted by Gasteiger charge is -2.08. The molecule has 0 fully saturated rings. The molecule has 0 bridgehead atoms. The highest BCUT2D eigenvalue weighted by Crippen LogP contribution is 2.20. The second-order valence-corrected chi connectivity index (χ2v) is 2.20. The number of nitrogens with zero attached hydrogens (tertiary/aromatic N) is 2. The molecule has 0 saturated carbocycles. The van der Waals surface area contributed by atoms with Crippen molar-refractivity contribution in [1.82, 2.24) is 10.2 Å². The van der Waals surface area contributed by atoms with Crippen LogP contribution in [-0.2, 0) is 0 Å². The van der Waals surface area contributed by atoms with Crippen molar-refractivity contribution in [2.24, 2.45) is 0 Å². The third kappa shape index (κ3) is 3.14. The number of anilines is 1. The molecule has 0 spiro atoms. The molecule has 0 aliphatic rings. The zero-order valence-electron chi connectivity index (χ0n) is 6.38. The largest absolute Gasteiger partial charge is 0.465 e. The third-order valence-corrected chi connectivity index (χ3v) is 1.09. The van der Waals surface area contributed by atoms with Gasteiger partial charge in [0.25, 0.3) is 5.88 Å². The van der Waals surface area contributed by atoms with E-state index in [1.165, 1.54) is 12.3 Å². The van der Waals surface area contributed by atoms with Gasteiger partial charge in [0.2, 0.25) is 0 Å². The Labute approximate surface area is 71.5 Å². The van der Waals surface area contributed by atoms with Crippen molar-refractivity contribution in [3.63, 3.8) is 0 Å². The van der Waals surface area contributed by atoms with Crippen molar-refractivity contribution in [2.45, 2.75) is 6.18 Å². The van der Waals surface area contributed by atoms with Crippen LogP contribution in [0, 0.1) is 0 Å². The van der Waals surface area contributed by atoms with Crippen LogP contribution < -0.4 is 10.5 Å². The summed E-state index contributed by atoms with van der Waals surface area (Å²) in [5, 5.41) is 6.61. The maximum Gasteiger partial charge on any atom is 0.422 e. The van der Waals surface area contributed by atoms with Gasteiger partial charge in [-0.1, -0.05) is 0 Å².